The highest BCUT2D eigenvalue weighted by atomic mass is 32.1. The van der Waals surface area contributed by atoms with Crippen molar-refractivity contribution in [1.82, 2.24) is 9.97 Å². The van der Waals surface area contributed by atoms with Gasteiger partial charge >= 0.3 is 0 Å². The molecule has 4 heterocycles. The van der Waals surface area contributed by atoms with Crippen LogP contribution in [0.25, 0.3) is 21.1 Å². The molecule has 0 amide bonds. The van der Waals surface area contributed by atoms with E-state index in [0.717, 1.165) is 43.8 Å². The molecule has 0 radical (unpaired) electrons. The lowest BCUT2D eigenvalue weighted by atomic mass is 10.2. The lowest BCUT2D eigenvalue weighted by Crippen LogP contribution is -2.15. The molecule has 116 valence electrons. The molecule has 0 saturated heterocycles. The van der Waals surface area contributed by atoms with Crippen LogP contribution in [0.15, 0.2) is 36.7 Å². The molecule has 1 aliphatic rings. The van der Waals surface area contributed by atoms with Crippen LogP contribution in [0.3, 0.4) is 0 Å². The highest BCUT2D eigenvalue weighted by Crippen LogP contribution is 2.52. The van der Waals surface area contributed by atoms with Crippen molar-refractivity contribution in [2.45, 2.75) is 13.8 Å². The maximum Gasteiger partial charge on any atom is 0.182 e. The fraction of sp³-hybridized carbons (Fsp3) is 0.222. The second-order valence-electron chi connectivity index (χ2n) is 5.56. The Balaban J connectivity index is 1.87. The summed E-state index contributed by atoms with van der Waals surface area (Å²) < 4.78 is 11.8. The lowest BCUT2D eigenvalue weighted by molar-refractivity contribution is 0.175. The third kappa shape index (κ3) is 2.57. The molecule has 3 aromatic heterocycles. The number of hydrogen-bond acceptors (Lipinski definition) is 5. The molecule has 0 aromatic carbocycles. The molecule has 4 rings (SSSR count). The maximum absolute atomic E-state index is 5.88. The van der Waals surface area contributed by atoms with E-state index in [1.54, 1.807) is 11.3 Å². The zero-order valence-electron chi connectivity index (χ0n) is 13.0. The molecule has 0 fully saturated rings. The second kappa shape index (κ2) is 5.66. The van der Waals surface area contributed by atoms with Crippen molar-refractivity contribution in [2.24, 2.45) is 0 Å². The van der Waals surface area contributed by atoms with Crippen LogP contribution in [-0.2, 0) is 0 Å². The summed E-state index contributed by atoms with van der Waals surface area (Å²) in [5.41, 5.74) is 4.08. The summed E-state index contributed by atoms with van der Waals surface area (Å²) in [5.74, 6) is 1.57. The predicted octanol–water partition coefficient (Wildman–Crippen LogP) is 4.26. The minimum absolute atomic E-state index is 0.559. The molecule has 1 aliphatic heterocycles. The van der Waals surface area contributed by atoms with Gasteiger partial charge < -0.3 is 9.47 Å². The van der Waals surface area contributed by atoms with Crippen molar-refractivity contribution >= 4 is 11.3 Å². The highest BCUT2D eigenvalue weighted by Gasteiger charge is 2.27. The SMILES string of the molecule is Cc1ccc(-c2sc(-c3ccc(C)cn3)c3c2OCCO3)nc1. The number of fused-ring (bicyclic) bond motifs is 1. The number of aryl methyl sites for hydroxylation is 2. The van der Waals surface area contributed by atoms with Gasteiger partial charge in [0.2, 0.25) is 0 Å². The Morgan fingerprint density at radius 1 is 0.783 bits per heavy atom. The number of thiophene rings is 1. The van der Waals surface area contributed by atoms with Crippen molar-refractivity contribution < 1.29 is 9.47 Å². The number of rotatable bonds is 2. The van der Waals surface area contributed by atoms with Gasteiger partial charge in [0, 0.05) is 12.4 Å². The number of pyridine rings is 2. The predicted molar refractivity (Wildman–Crippen MR) is 91.2 cm³/mol. The molecule has 5 heteroatoms. The van der Waals surface area contributed by atoms with Crippen LogP contribution in [0.2, 0.25) is 0 Å². The van der Waals surface area contributed by atoms with Gasteiger partial charge in [-0.2, -0.15) is 0 Å². The first kappa shape index (κ1) is 14.2. The van der Waals surface area contributed by atoms with Gasteiger partial charge in [0.25, 0.3) is 0 Å². The standard InChI is InChI=1S/C18H16N2O2S/c1-11-3-5-13(19-9-11)17-15-16(22-8-7-21-15)18(23-17)14-6-4-12(2)10-20-14/h3-6,9-10H,7-8H2,1-2H3. The van der Waals surface area contributed by atoms with Crippen LogP contribution >= 0.6 is 11.3 Å². The highest BCUT2D eigenvalue weighted by molar-refractivity contribution is 7.19. The average Bonchev–Trinajstić information content (AvgIpc) is 2.96. The van der Waals surface area contributed by atoms with Crippen LogP contribution in [0.4, 0.5) is 0 Å². The zero-order valence-corrected chi connectivity index (χ0v) is 13.8. The monoisotopic (exact) mass is 324 g/mol. The molecule has 0 atom stereocenters. The van der Waals surface area contributed by atoms with E-state index in [4.69, 9.17) is 9.47 Å². The van der Waals surface area contributed by atoms with E-state index in [0.29, 0.717) is 13.2 Å². The van der Waals surface area contributed by atoms with Gasteiger partial charge in [-0.25, -0.2) is 0 Å². The summed E-state index contributed by atoms with van der Waals surface area (Å²) in [6, 6.07) is 8.15. The number of aromatic nitrogens is 2. The number of ether oxygens (including phenoxy) is 2. The van der Waals surface area contributed by atoms with Crippen molar-refractivity contribution in [3.05, 3.63) is 47.8 Å². The summed E-state index contributed by atoms with van der Waals surface area (Å²) in [6.07, 6.45) is 3.74. The first-order valence-corrected chi connectivity index (χ1v) is 8.32. The smallest absolute Gasteiger partial charge is 0.182 e. The summed E-state index contributed by atoms with van der Waals surface area (Å²) in [6.45, 7) is 5.18. The first-order chi connectivity index (χ1) is 11.2. The minimum Gasteiger partial charge on any atom is -0.485 e. The van der Waals surface area contributed by atoms with E-state index in [9.17, 15) is 0 Å². The molecule has 23 heavy (non-hydrogen) atoms. The third-order valence-electron chi connectivity index (χ3n) is 3.69. The minimum atomic E-state index is 0.559. The van der Waals surface area contributed by atoms with E-state index in [2.05, 4.69) is 22.1 Å². The zero-order chi connectivity index (χ0) is 15.8. The summed E-state index contributed by atoms with van der Waals surface area (Å²) >= 11 is 1.62. The van der Waals surface area contributed by atoms with E-state index >= 15 is 0 Å². The average molecular weight is 324 g/mol. The number of hydrogen-bond donors (Lipinski definition) is 0. The van der Waals surface area contributed by atoms with E-state index in [-0.39, 0.29) is 0 Å². The Morgan fingerprint density at radius 3 is 1.65 bits per heavy atom. The van der Waals surface area contributed by atoms with Crippen LogP contribution in [0, 0.1) is 13.8 Å². The number of nitrogens with zero attached hydrogens (tertiary/aromatic N) is 2. The van der Waals surface area contributed by atoms with Gasteiger partial charge in [0.05, 0.1) is 21.1 Å². The van der Waals surface area contributed by atoms with E-state index < -0.39 is 0 Å². The van der Waals surface area contributed by atoms with Crippen LogP contribution in [0.1, 0.15) is 11.1 Å². The summed E-state index contributed by atoms with van der Waals surface area (Å²) in [5, 5.41) is 0. The fourth-order valence-electron chi connectivity index (χ4n) is 2.49. The largest absolute Gasteiger partial charge is 0.485 e. The van der Waals surface area contributed by atoms with E-state index in [1.165, 1.54) is 0 Å². The molecule has 0 aliphatic carbocycles. The van der Waals surface area contributed by atoms with Gasteiger partial charge in [-0.1, -0.05) is 12.1 Å². The Hall–Kier alpha value is -2.40. The molecule has 0 bridgehead atoms. The molecule has 0 unspecified atom stereocenters. The Kier molecular flexibility index (Phi) is 3.50. The molecule has 4 nitrogen and oxygen atoms in total. The Morgan fingerprint density at radius 2 is 1.26 bits per heavy atom. The Bertz CT molecular complexity index is 769. The van der Waals surface area contributed by atoms with Gasteiger partial charge in [-0.3, -0.25) is 9.97 Å². The summed E-state index contributed by atoms with van der Waals surface area (Å²) in [4.78, 5) is 11.1. The molecule has 3 aromatic rings. The van der Waals surface area contributed by atoms with Crippen LogP contribution in [0.5, 0.6) is 11.5 Å². The summed E-state index contributed by atoms with van der Waals surface area (Å²) in [7, 11) is 0. The third-order valence-corrected chi connectivity index (χ3v) is 4.88. The van der Waals surface area contributed by atoms with E-state index in [1.807, 2.05) is 38.4 Å². The van der Waals surface area contributed by atoms with Crippen molar-refractivity contribution in [1.29, 1.82) is 0 Å². The van der Waals surface area contributed by atoms with Gasteiger partial charge in [-0.15, -0.1) is 11.3 Å². The van der Waals surface area contributed by atoms with Crippen LogP contribution < -0.4 is 9.47 Å². The van der Waals surface area contributed by atoms with Gasteiger partial charge in [0.1, 0.15) is 13.2 Å². The first-order valence-electron chi connectivity index (χ1n) is 7.51. The van der Waals surface area contributed by atoms with Crippen molar-refractivity contribution in [3.63, 3.8) is 0 Å². The van der Waals surface area contributed by atoms with Crippen molar-refractivity contribution in [2.75, 3.05) is 13.2 Å². The molecule has 0 saturated carbocycles. The topological polar surface area (TPSA) is 44.2 Å². The second-order valence-corrected chi connectivity index (χ2v) is 6.58. The lowest BCUT2D eigenvalue weighted by Gasteiger charge is -2.17. The van der Waals surface area contributed by atoms with Gasteiger partial charge in [-0.05, 0) is 37.1 Å². The molecular formula is C18H16N2O2S. The van der Waals surface area contributed by atoms with Crippen LogP contribution in [-0.4, -0.2) is 23.2 Å². The molecule has 0 N–H and O–H groups in total. The quantitative estimate of drug-likeness (QED) is 0.706. The maximum atomic E-state index is 5.88. The molecular weight excluding hydrogens is 308 g/mol. The Labute approximate surface area is 138 Å². The van der Waals surface area contributed by atoms with Gasteiger partial charge in [0.15, 0.2) is 11.5 Å². The van der Waals surface area contributed by atoms with Crippen molar-refractivity contribution in [3.8, 4) is 32.6 Å². The normalized spacial score (nSPS) is 13.1. The molecule has 0 spiro atoms. The fourth-order valence-corrected chi connectivity index (χ4v) is 3.64.